The van der Waals surface area contributed by atoms with E-state index >= 15 is 0 Å². The molecule has 0 unspecified atom stereocenters. The maximum Gasteiger partial charge on any atom is 0.270 e. The zero-order chi connectivity index (χ0) is 18.7. The van der Waals surface area contributed by atoms with E-state index in [1.165, 1.54) is 29.4 Å². The summed E-state index contributed by atoms with van der Waals surface area (Å²) >= 11 is 0. The normalized spacial score (nSPS) is 14.1. The fourth-order valence-corrected chi connectivity index (χ4v) is 4.25. The summed E-state index contributed by atoms with van der Waals surface area (Å²) in [5.41, 5.74) is 3.06. The van der Waals surface area contributed by atoms with Crippen molar-refractivity contribution in [3.05, 3.63) is 63.7 Å². The molecule has 0 atom stereocenters. The summed E-state index contributed by atoms with van der Waals surface area (Å²) in [5.74, 6) is 0. The molecule has 2 aromatic rings. The topological polar surface area (TPSA) is 92.6 Å². The molecule has 0 radical (unpaired) electrons. The maximum atomic E-state index is 12.4. The molecule has 0 spiro atoms. The van der Waals surface area contributed by atoms with Gasteiger partial charge in [-0.1, -0.05) is 18.2 Å². The zero-order valence-corrected chi connectivity index (χ0v) is 15.3. The second-order valence-electron chi connectivity index (χ2n) is 6.23. The highest BCUT2D eigenvalue weighted by molar-refractivity contribution is 7.89. The molecule has 0 bridgehead atoms. The molecule has 0 saturated carbocycles. The van der Waals surface area contributed by atoms with Gasteiger partial charge in [0.05, 0.1) is 9.82 Å². The molecule has 7 nitrogen and oxygen atoms in total. The number of hydrogen-bond donors (Lipinski definition) is 1. The van der Waals surface area contributed by atoms with Crippen molar-refractivity contribution in [2.24, 2.45) is 0 Å². The Kier molecular flexibility index (Phi) is 5.24. The van der Waals surface area contributed by atoms with Crippen molar-refractivity contribution in [1.29, 1.82) is 0 Å². The van der Waals surface area contributed by atoms with E-state index < -0.39 is 14.9 Å². The molecular weight excluding hydrogens is 354 g/mol. The van der Waals surface area contributed by atoms with Crippen molar-refractivity contribution >= 4 is 21.4 Å². The van der Waals surface area contributed by atoms with E-state index in [2.05, 4.69) is 16.5 Å². The van der Waals surface area contributed by atoms with Crippen LogP contribution < -0.4 is 9.62 Å². The van der Waals surface area contributed by atoms with Gasteiger partial charge in [-0.2, -0.15) is 0 Å². The average molecular weight is 375 g/mol. The van der Waals surface area contributed by atoms with Gasteiger partial charge in [-0.3, -0.25) is 10.1 Å². The van der Waals surface area contributed by atoms with Gasteiger partial charge in [-0.25, -0.2) is 13.1 Å². The molecule has 138 valence electrons. The van der Waals surface area contributed by atoms with Crippen LogP contribution in [0.2, 0.25) is 0 Å². The Morgan fingerprint density at radius 2 is 2.04 bits per heavy atom. The summed E-state index contributed by atoms with van der Waals surface area (Å²) in [6.07, 6.45) is 2.07. The van der Waals surface area contributed by atoms with Gasteiger partial charge in [0.25, 0.3) is 5.69 Å². The third-order valence-electron chi connectivity index (χ3n) is 4.55. The molecule has 1 aliphatic rings. The van der Waals surface area contributed by atoms with E-state index in [-0.39, 0.29) is 17.1 Å². The molecule has 2 aromatic carbocycles. The van der Waals surface area contributed by atoms with Gasteiger partial charge in [0.2, 0.25) is 10.0 Å². The number of nitro groups is 1. The van der Waals surface area contributed by atoms with E-state index in [0.717, 1.165) is 37.6 Å². The Morgan fingerprint density at radius 3 is 2.77 bits per heavy atom. The highest BCUT2D eigenvalue weighted by Gasteiger charge is 2.19. The van der Waals surface area contributed by atoms with E-state index in [1.54, 1.807) is 0 Å². The number of nitrogens with zero attached hydrogens (tertiary/aromatic N) is 2. The summed E-state index contributed by atoms with van der Waals surface area (Å²) in [5, 5.41) is 10.8. The van der Waals surface area contributed by atoms with Crippen LogP contribution in [0.25, 0.3) is 0 Å². The van der Waals surface area contributed by atoms with Crippen molar-refractivity contribution < 1.29 is 13.3 Å². The molecule has 0 amide bonds. The number of hydrogen-bond acceptors (Lipinski definition) is 5. The van der Waals surface area contributed by atoms with E-state index in [9.17, 15) is 18.5 Å². The van der Waals surface area contributed by atoms with Gasteiger partial charge in [0.1, 0.15) is 0 Å². The number of nitro benzene ring substituents is 1. The number of non-ortho nitro benzene ring substituents is 1. The van der Waals surface area contributed by atoms with Gasteiger partial charge < -0.3 is 4.90 Å². The van der Waals surface area contributed by atoms with Crippen molar-refractivity contribution in [3.63, 3.8) is 0 Å². The first-order chi connectivity index (χ1) is 12.4. The number of sulfonamides is 1. The lowest BCUT2D eigenvalue weighted by Gasteiger charge is -2.30. The van der Waals surface area contributed by atoms with Crippen LogP contribution in [0.15, 0.2) is 47.4 Å². The van der Waals surface area contributed by atoms with Gasteiger partial charge in [0, 0.05) is 37.5 Å². The summed E-state index contributed by atoms with van der Waals surface area (Å²) in [7, 11) is -3.82. The standard InChI is InChI=1S/C18H21N3O4S/c1-2-20-10-4-5-15-11-14(8-9-18(15)20)13-19-26(24,25)17-7-3-6-16(12-17)21(22)23/h3,6-9,11-12,19H,2,4-5,10,13H2,1H3. The monoisotopic (exact) mass is 375 g/mol. The molecule has 0 saturated heterocycles. The van der Waals surface area contributed by atoms with Crippen LogP contribution in [0.5, 0.6) is 0 Å². The Bertz CT molecular complexity index is 928. The Hall–Kier alpha value is -2.45. The molecule has 1 heterocycles. The van der Waals surface area contributed by atoms with Crippen LogP contribution in [-0.2, 0) is 23.0 Å². The lowest BCUT2D eigenvalue weighted by atomic mass is 9.99. The van der Waals surface area contributed by atoms with Gasteiger partial charge in [-0.05, 0) is 43.0 Å². The second-order valence-corrected chi connectivity index (χ2v) is 7.99. The average Bonchev–Trinajstić information content (AvgIpc) is 2.65. The molecule has 1 N–H and O–H groups in total. The van der Waals surface area contributed by atoms with E-state index in [4.69, 9.17) is 0 Å². The summed E-state index contributed by atoms with van der Waals surface area (Å²) < 4.78 is 27.4. The van der Waals surface area contributed by atoms with Crippen LogP contribution in [0.3, 0.4) is 0 Å². The first kappa shape index (κ1) is 18.3. The Balaban J connectivity index is 1.76. The lowest BCUT2D eigenvalue weighted by Crippen LogP contribution is -2.29. The van der Waals surface area contributed by atoms with Gasteiger partial charge >= 0.3 is 0 Å². The number of aryl methyl sites for hydroxylation is 1. The molecule has 3 rings (SSSR count). The van der Waals surface area contributed by atoms with Crippen molar-refractivity contribution in [1.82, 2.24) is 4.72 Å². The molecule has 8 heteroatoms. The highest BCUT2D eigenvalue weighted by Crippen LogP contribution is 2.28. The van der Waals surface area contributed by atoms with Crippen molar-refractivity contribution in [2.75, 3.05) is 18.0 Å². The van der Waals surface area contributed by atoms with Gasteiger partial charge in [0.15, 0.2) is 0 Å². The molecule has 0 aromatic heterocycles. The second kappa shape index (κ2) is 7.43. The summed E-state index contributed by atoms with van der Waals surface area (Å²) in [6.45, 7) is 4.26. The number of fused-ring (bicyclic) bond motifs is 1. The number of benzene rings is 2. The van der Waals surface area contributed by atoms with Crippen molar-refractivity contribution in [2.45, 2.75) is 31.2 Å². The van der Waals surface area contributed by atoms with Crippen molar-refractivity contribution in [3.8, 4) is 0 Å². The van der Waals surface area contributed by atoms with E-state index in [1.807, 2.05) is 18.2 Å². The minimum absolute atomic E-state index is 0.109. The molecule has 26 heavy (non-hydrogen) atoms. The van der Waals surface area contributed by atoms with Gasteiger partial charge in [-0.15, -0.1) is 0 Å². The fourth-order valence-electron chi connectivity index (χ4n) is 3.19. The Labute approximate surface area is 152 Å². The van der Waals surface area contributed by atoms with Crippen LogP contribution in [0.4, 0.5) is 11.4 Å². The number of anilines is 1. The molecular formula is C18H21N3O4S. The minimum Gasteiger partial charge on any atom is -0.372 e. The van der Waals surface area contributed by atoms with Crippen LogP contribution in [0, 0.1) is 10.1 Å². The molecule has 1 aliphatic heterocycles. The zero-order valence-electron chi connectivity index (χ0n) is 14.5. The third kappa shape index (κ3) is 3.86. The quantitative estimate of drug-likeness (QED) is 0.619. The first-order valence-electron chi connectivity index (χ1n) is 8.51. The highest BCUT2D eigenvalue weighted by atomic mass is 32.2. The largest absolute Gasteiger partial charge is 0.372 e. The summed E-state index contributed by atoms with van der Waals surface area (Å²) in [6, 6.07) is 11.0. The molecule has 0 fully saturated rings. The van der Waals surface area contributed by atoms with Crippen LogP contribution >= 0.6 is 0 Å². The SMILES string of the molecule is CCN1CCCc2cc(CNS(=O)(=O)c3cccc([N+](=O)[O-])c3)ccc21. The molecule has 0 aliphatic carbocycles. The first-order valence-corrected chi connectivity index (χ1v) is 10.00. The number of rotatable bonds is 6. The summed E-state index contributed by atoms with van der Waals surface area (Å²) in [4.78, 5) is 12.4. The van der Waals surface area contributed by atoms with E-state index in [0.29, 0.717) is 0 Å². The Morgan fingerprint density at radius 1 is 1.23 bits per heavy atom. The van der Waals surface area contributed by atoms with Crippen LogP contribution in [0.1, 0.15) is 24.5 Å². The predicted molar refractivity (Wildman–Crippen MR) is 99.8 cm³/mol. The minimum atomic E-state index is -3.82. The number of nitrogens with one attached hydrogen (secondary N) is 1. The van der Waals surface area contributed by atoms with Crippen LogP contribution in [-0.4, -0.2) is 26.4 Å². The smallest absolute Gasteiger partial charge is 0.270 e. The predicted octanol–water partition coefficient (Wildman–Crippen LogP) is 2.85. The lowest BCUT2D eigenvalue weighted by molar-refractivity contribution is -0.385. The fraction of sp³-hybridized carbons (Fsp3) is 0.333. The third-order valence-corrected chi connectivity index (χ3v) is 5.94. The maximum absolute atomic E-state index is 12.4.